The molecule has 0 aromatic heterocycles. The summed E-state index contributed by atoms with van der Waals surface area (Å²) in [5.74, 6) is 1.61. The van der Waals surface area contributed by atoms with Crippen LogP contribution in [-0.4, -0.2) is 19.1 Å². The fraction of sp³-hybridized carbons (Fsp3) is 0.316. The summed E-state index contributed by atoms with van der Waals surface area (Å²) in [5, 5.41) is 2.82. The van der Waals surface area contributed by atoms with E-state index in [1.165, 1.54) is 0 Å². The maximum Gasteiger partial charge on any atom is 0.262 e. The Balaban J connectivity index is 1.93. The third-order valence-corrected chi connectivity index (χ3v) is 4.29. The first-order chi connectivity index (χ1) is 11.8. The molecule has 0 spiro atoms. The molecule has 2 rings (SSSR count). The van der Waals surface area contributed by atoms with Gasteiger partial charge in [0, 0.05) is 16.2 Å². The smallest absolute Gasteiger partial charge is 0.262 e. The molecular formula is C19H21Br2NO3. The summed E-state index contributed by atoms with van der Waals surface area (Å²) < 4.78 is 13.1. The first kappa shape index (κ1) is 19.8. The Morgan fingerprint density at radius 2 is 1.92 bits per heavy atom. The Morgan fingerprint density at radius 1 is 1.16 bits per heavy atom. The van der Waals surface area contributed by atoms with Gasteiger partial charge < -0.3 is 14.8 Å². The van der Waals surface area contributed by atoms with Crippen molar-refractivity contribution >= 4 is 43.5 Å². The van der Waals surface area contributed by atoms with Crippen LogP contribution in [0.1, 0.15) is 19.4 Å². The van der Waals surface area contributed by atoms with Crippen LogP contribution in [0.3, 0.4) is 0 Å². The minimum absolute atomic E-state index is 0.0713. The third kappa shape index (κ3) is 6.36. The minimum Gasteiger partial charge on any atom is -0.493 e. The molecule has 1 amide bonds. The molecule has 0 bridgehead atoms. The Morgan fingerprint density at radius 3 is 2.60 bits per heavy atom. The summed E-state index contributed by atoms with van der Waals surface area (Å²) in [5.41, 5.74) is 1.62. The summed E-state index contributed by atoms with van der Waals surface area (Å²) in [6, 6.07) is 11.2. The second-order valence-electron chi connectivity index (χ2n) is 6.10. The highest BCUT2D eigenvalue weighted by Gasteiger charge is 2.10. The lowest BCUT2D eigenvalue weighted by Gasteiger charge is -2.13. The first-order valence-electron chi connectivity index (χ1n) is 7.96. The molecule has 0 saturated carbocycles. The van der Waals surface area contributed by atoms with Crippen molar-refractivity contribution in [2.45, 2.75) is 20.8 Å². The molecule has 2 aromatic carbocycles. The van der Waals surface area contributed by atoms with E-state index < -0.39 is 0 Å². The molecule has 0 fully saturated rings. The molecule has 0 unspecified atom stereocenters. The summed E-state index contributed by atoms with van der Waals surface area (Å²) in [4.78, 5) is 12.2. The molecule has 134 valence electrons. The highest BCUT2D eigenvalue weighted by Crippen LogP contribution is 2.32. The number of nitrogens with one attached hydrogen (secondary N) is 1. The zero-order valence-corrected chi connectivity index (χ0v) is 17.6. The van der Waals surface area contributed by atoms with Crippen LogP contribution in [0.2, 0.25) is 0 Å². The number of carbonyl (C=O) groups excluding carboxylic acids is 1. The number of hydrogen-bond donors (Lipinski definition) is 1. The quantitative estimate of drug-likeness (QED) is 0.575. The number of benzene rings is 2. The molecule has 2 aromatic rings. The molecule has 0 atom stereocenters. The number of aryl methyl sites for hydroxylation is 1. The van der Waals surface area contributed by atoms with E-state index in [0.717, 1.165) is 20.3 Å². The maximum absolute atomic E-state index is 12.2. The Hall–Kier alpha value is -1.53. The van der Waals surface area contributed by atoms with Gasteiger partial charge in [-0.2, -0.15) is 0 Å². The van der Waals surface area contributed by atoms with Crippen molar-refractivity contribution in [3.63, 3.8) is 0 Å². The predicted octanol–water partition coefficient (Wildman–Crippen LogP) is 5.57. The normalized spacial score (nSPS) is 10.6. The van der Waals surface area contributed by atoms with Crippen molar-refractivity contribution in [1.82, 2.24) is 0 Å². The number of ether oxygens (including phenoxy) is 2. The van der Waals surface area contributed by atoms with Gasteiger partial charge in [0.25, 0.3) is 5.91 Å². The van der Waals surface area contributed by atoms with E-state index in [0.29, 0.717) is 24.0 Å². The summed E-state index contributed by atoms with van der Waals surface area (Å²) >= 11 is 6.87. The van der Waals surface area contributed by atoms with Gasteiger partial charge in [-0.05, 0) is 58.6 Å². The fourth-order valence-corrected chi connectivity index (χ4v) is 3.69. The van der Waals surface area contributed by atoms with Gasteiger partial charge in [-0.1, -0.05) is 35.8 Å². The second-order valence-corrected chi connectivity index (χ2v) is 7.87. The van der Waals surface area contributed by atoms with Crippen molar-refractivity contribution < 1.29 is 14.3 Å². The van der Waals surface area contributed by atoms with E-state index in [1.807, 2.05) is 37.3 Å². The number of carbonyl (C=O) groups is 1. The average molecular weight is 471 g/mol. The van der Waals surface area contributed by atoms with Gasteiger partial charge in [-0.15, -0.1) is 0 Å². The lowest BCUT2D eigenvalue weighted by molar-refractivity contribution is -0.118. The van der Waals surface area contributed by atoms with Gasteiger partial charge >= 0.3 is 0 Å². The molecule has 0 aliphatic rings. The van der Waals surface area contributed by atoms with Crippen LogP contribution in [-0.2, 0) is 4.79 Å². The van der Waals surface area contributed by atoms with Gasteiger partial charge in [0.05, 0.1) is 11.1 Å². The van der Waals surface area contributed by atoms with Crippen LogP contribution in [0.15, 0.2) is 45.3 Å². The lowest BCUT2D eigenvalue weighted by atomic mass is 10.2. The number of hydrogen-bond acceptors (Lipinski definition) is 3. The topological polar surface area (TPSA) is 47.6 Å². The zero-order valence-electron chi connectivity index (χ0n) is 14.4. The predicted molar refractivity (Wildman–Crippen MR) is 107 cm³/mol. The molecule has 25 heavy (non-hydrogen) atoms. The van der Waals surface area contributed by atoms with Crippen molar-refractivity contribution in [2.24, 2.45) is 5.92 Å². The highest BCUT2D eigenvalue weighted by molar-refractivity contribution is 9.11. The Kier molecular flexibility index (Phi) is 7.32. The van der Waals surface area contributed by atoms with Crippen molar-refractivity contribution in [2.75, 3.05) is 18.5 Å². The summed E-state index contributed by atoms with van der Waals surface area (Å²) in [6.07, 6.45) is 0. The van der Waals surface area contributed by atoms with Crippen LogP contribution in [0.25, 0.3) is 0 Å². The van der Waals surface area contributed by atoms with E-state index in [9.17, 15) is 4.79 Å². The number of rotatable bonds is 7. The average Bonchev–Trinajstić information content (AvgIpc) is 2.52. The molecule has 0 heterocycles. The molecular weight excluding hydrogens is 450 g/mol. The van der Waals surface area contributed by atoms with Gasteiger partial charge in [-0.3, -0.25) is 4.79 Å². The first-order valence-corrected chi connectivity index (χ1v) is 9.55. The van der Waals surface area contributed by atoms with Crippen molar-refractivity contribution in [3.8, 4) is 11.5 Å². The Bertz CT molecular complexity index is 724. The monoisotopic (exact) mass is 469 g/mol. The third-order valence-electron chi connectivity index (χ3n) is 3.24. The highest BCUT2D eigenvalue weighted by atomic mass is 79.9. The van der Waals surface area contributed by atoms with Gasteiger partial charge in [0.2, 0.25) is 0 Å². The van der Waals surface area contributed by atoms with Gasteiger partial charge in [-0.25, -0.2) is 0 Å². The van der Waals surface area contributed by atoms with E-state index in [2.05, 4.69) is 51.0 Å². The summed E-state index contributed by atoms with van der Waals surface area (Å²) in [6.45, 7) is 6.67. The van der Waals surface area contributed by atoms with Crippen molar-refractivity contribution in [3.05, 3.63) is 50.9 Å². The van der Waals surface area contributed by atoms with Gasteiger partial charge in [0.15, 0.2) is 6.61 Å². The molecule has 6 heteroatoms. The van der Waals surface area contributed by atoms with E-state index in [-0.39, 0.29) is 12.5 Å². The SMILES string of the molecule is Cc1cc(Br)cc(Br)c1OCC(=O)Nc1cccc(OCC(C)C)c1. The van der Waals surface area contributed by atoms with Crippen LogP contribution in [0.4, 0.5) is 5.69 Å². The van der Waals surface area contributed by atoms with Crippen LogP contribution >= 0.6 is 31.9 Å². The molecule has 0 saturated heterocycles. The van der Waals surface area contributed by atoms with Crippen LogP contribution in [0, 0.1) is 12.8 Å². The van der Waals surface area contributed by atoms with Gasteiger partial charge in [0.1, 0.15) is 11.5 Å². The molecule has 0 radical (unpaired) electrons. The number of anilines is 1. The Labute approximate surface area is 165 Å². The largest absolute Gasteiger partial charge is 0.493 e. The molecule has 0 aliphatic heterocycles. The fourth-order valence-electron chi connectivity index (χ4n) is 2.13. The molecule has 4 nitrogen and oxygen atoms in total. The lowest BCUT2D eigenvalue weighted by Crippen LogP contribution is -2.20. The van der Waals surface area contributed by atoms with Crippen LogP contribution in [0.5, 0.6) is 11.5 Å². The zero-order chi connectivity index (χ0) is 18.4. The summed E-state index contributed by atoms with van der Waals surface area (Å²) in [7, 11) is 0. The molecule has 1 N–H and O–H groups in total. The maximum atomic E-state index is 12.2. The number of halogens is 2. The van der Waals surface area contributed by atoms with E-state index in [4.69, 9.17) is 9.47 Å². The van der Waals surface area contributed by atoms with E-state index in [1.54, 1.807) is 6.07 Å². The van der Waals surface area contributed by atoms with Crippen LogP contribution < -0.4 is 14.8 Å². The van der Waals surface area contributed by atoms with E-state index >= 15 is 0 Å². The minimum atomic E-state index is -0.227. The standard InChI is InChI=1S/C19H21Br2NO3/c1-12(2)10-24-16-6-4-5-15(9-16)22-18(23)11-25-19-13(3)7-14(20)8-17(19)21/h4-9,12H,10-11H2,1-3H3,(H,22,23). The molecule has 0 aliphatic carbocycles. The van der Waals surface area contributed by atoms with Crippen molar-refractivity contribution in [1.29, 1.82) is 0 Å². The second kappa shape index (κ2) is 9.25. The number of amides is 1.